The maximum atomic E-state index is 13.7. The Balaban J connectivity index is 1.68. The molecule has 1 aromatic heterocycles. The van der Waals surface area contributed by atoms with Crippen molar-refractivity contribution < 1.29 is 23.4 Å². The number of benzene rings is 2. The lowest BCUT2D eigenvalue weighted by molar-refractivity contribution is -0.385. The average molecular weight is 397 g/mol. The van der Waals surface area contributed by atoms with Crippen LogP contribution >= 0.6 is 0 Å². The first kappa shape index (κ1) is 19.9. The van der Waals surface area contributed by atoms with Crippen LogP contribution in [0.5, 0.6) is 0 Å². The standard InChI is InChI=1S/C20H16FN3O5/c1-12-7-8-15(11-16(12)21)19-22-20(29-23-19)13(2)28-18(25)10-9-14-5-3-4-6-17(14)24(26)27/h3-11,13H,1-2H3/b10-9+. The van der Waals surface area contributed by atoms with Crippen molar-refractivity contribution in [2.75, 3.05) is 0 Å². The topological polar surface area (TPSA) is 108 Å². The van der Waals surface area contributed by atoms with Crippen LogP contribution in [0.3, 0.4) is 0 Å². The van der Waals surface area contributed by atoms with Gasteiger partial charge in [-0.2, -0.15) is 4.98 Å². The Morgan fingerprint density at radius 1 is 1.31 bits per heavy atom. The summed E-state index contributed by atoms with van der Waals surface area (Å²) in [4.78, 5) is 26.6. The van der Waals surface area contributed by atoms with Gasteiger partial charge in [-0.3, -0.25) is 10.1 Å². The van der Waals surface area contributed by atoms with E-state index in [1.165, 1.54) is 37.3 Å². The molecule has 3 aromatic rings. The van der Waals surface area contributed by atoms with Crippen molar-refractivity contribution in [1.82, 2.24) is 10.1 Å². The molecule has 0 saturated carbocycles. The van der Waals surface area contributed by atoms with Crippen molar-refractivity contribution >= 4 is 17.7 Å². The lowest BCUT2D eigenvalue weighted by atomic mass is 10.1. The third kappa shape index (κ3) is 4.70. The summed E-state index contributed by atoms with van der Waals surface area (Å²) >= 11 is 0. The summed E-state index contributed by atoms with van der Waals surface area (Å²) in [7, 11) is 0. The number of carbonyl (C=O) groups is 1. The molecule has 1 unspecified atom stereocenters. The number of aromatic nitrogens is 2. The molecule has 0 saturated heterocycles. The molecule has 0 amide bonds. The van der Waals surface area contributed by atoms with Crippen LogP contribution in [0.15, 0.2) is 53.1 Å². The van der Waals surface area contributed by atoms with Gasteiger partial charge in [0, 0.05) is 17.7 Å². The van der Waals surface area contributed by atoms with Crippen LogP contribution in [-0.4, -0.2) is 21.0 Å². The molecule has 0 radical (unpaired) electrons. The average Bonchev–Trinajstić information content (AvgIpc) is 3.19. The van der Waals surface area contributed by atoms with Gasteiger partial charge in [0.1, 0.15) is 5.82 Å². The highest BCUT2D eigenvalue weighted by Gasteiger charge is 2.19. The fourth-order valence-corrected chi connectivity index (χ4v) is 2.47. The van der Waals surface area contributed by atoms with Crippen LogP contribution in [0.2, 0.25) is 0 Å². The molecule has 2 aromatic carbocycles. The zero-order valence-electron chi connectivity index (χ0n) is 15.5. The van der Waals surface area contributed by atoms with Gasteiger partial charge in [-0.1, -0.05) is 29.4 Å². The number of nitro benzene ring substituents is 1. The number of hydrogen-bond donors (Lipinski definition) is 0. The van der Waals surface area contributed by atoms with E-state index in [0.29, 0.717) is 11.1 Å². The second kappa shape index (κ2) is 8.42. The van der Waals surface area contributed by atoms with E-state index in [0.717, 1.165) is 6.08 Å². The van der Waals surface area contributed by atoms with Crippen molar-refractivity contribution in [3.8, 4) is 11.4 Å². The maximum absolute atomic E-state index is 13.7. The van der Waals surface area contributed by atoms with Gasteiger partial charge in [-0.25, -0.2) is 9.18 Å². The molecule has 0 N–H and O–H groups in total. The third-order valence-electron chi connectivity index (χ3n) is 4.04. The lowest BCUT2D eigenvalue weighted by Gasteiger charge is -2.06. The summed E-state index contributed by atoms with van der Waals surface area (Å²) in [5.41, 5.74) is 1.06. The SMILES string of the molecule is Cc1ccc(-c2noc(C(C)OC(=O)/C=C/c3ccccc3[N+](=O)[O-])n2)cc1F. The van der Waals surface area contributed by atoms with E-state index in [9.17, 15) is 19.3 Å². The Morgan fingerprint density at radius 2 is 2.07 bits per heavy atom. The van der Waals surface area contributed by atoms with E-state index in [1.807, 2.05) is 0 Å². The molecule has 0 aliphatic rings. The van der Waals surface area contributed by atoms with Gasteiger partial charge >= 0.3 is 5.97 Å². The van der Waals surface area contributed by atoms with Crippen molar-refractivity contribution in [3.63, 3.8) is 0 Å². The minimum Gasteiger partial charge on any atom is -0.449 e. The second-order valence-corrected chi connectivity index (χ2v) is 6.15. The molecule has 9 heteroatoms. The number of rotatable bonds is 6. The minimum atomic E-state index is -0.866. The number of carbonyl (C=O) groups excluding carboxylic acids is 1. The molecule has 0 fully saturated rings. The van der Waals surface area contributed by atoms with Gasteiger partial charge in [0.05, 0.1) is 10.5 Å². The summed E-state index contributed by atoms with van der Waals surface area (Å²) in [6.07, 6.45) is 1.50. The quantitative estimate of drug-likeness (QED) is 0.262. The first-order valence-corrected chi connectivity index (χ1v) is 8.57. The van der Waals surface area contributed by atoms with E-state index in [-0.39, 0.29) is 23.0 Å². The fraction of sp³-hybridized carbons (Fsp3) is 0.150. The fourth-order valence-electron chi connectivity index (χ4n) is 2.47. The zero-order chi connectivity index (χ0) is 21.0. The smallest absolute Gasteiger partial charge is 0.331 e. The normalized spacial score (nSPS) is 12.1. The van der Waals surface area contributed by atoms with Crippen LogP contribution < -0.4 is 0 Å². The van der Waals surface area contributed by atoms with Crippen LogP contribution in [-0.2, 0) is 9.53 Å². The zero-order valence-corrected chi connectivity index (χ0v) is 15.5. The molecular formula is C20H16FN3O5. The van der Waals surface area contributed by atoms with Crippen LogP contribution in [0.4, 0.5) is 10.1 Å². The predicted molar refractivity (Wildman–Crippen MR) is 101 cm³/mol. The summed E-state index contributed by atoms with van der Waals surface area (Å²) in [6, 6.07) is 10.5. The number of para-hydroxylation sites is 1. The minimum absolute atomic E-state index is 0.0356. The van der Waals surface area contributed by atoms with E-state index < -0.39 is 22.8 Å². The Morgan fingerprint density at radius 3 is 2.79 bits per heavy atom. The number of esters is 1. The molecule has 1 atom stereocenters. The molecule has 0 bridgehead atoms. The Hall–Kier alpha value is -3.88. The van der Waals surface area contributed by atoms with Gasteiger partial charge in [-0.15, -0.1) is 0 Å². The number of hydrogen-bond acceptors (Lipinski definition) is 7. The molecule has 0 spiro atoms. The van der Waals surface area contributed by atoms with Crippen molar-refractivity contribution in [3.05, 3.63) is 81.5 Å². The summed E-state index contributed by atoms with van der Waals surface area (Å²) in [5.74, 6) is -0.934. The van der Waals surface area contributed by atoms with Crippen molar-refractivity contribution in [2.24, 2.45) is 0 Å². The molecule has 29 heavy (non-hydrogen) atoms. The first-order chi connectivity index (χ1) is 13.8. The van der Waals surface area contributed by atoms with Gasteiger partial charge in [0.25, 0.3) is 11.6 Å². The van der Waals surface area contributed by atoms with Gasteiger partial charge in [0.15, 0.2) is 6.10 Å². The number of nitro groups is 1. The monoisotopic (exact) mass is 397 g/mol. The van der Waals surface area contributed by atoms with Crippen molar-refractivity contribution in [1.29, 1.82) is 0 Å². The van der Waals surface area contributed by atoms with Crippen LogP contribution in [0, 0.1) is 22.9 Å². The number of halogens is 1. The van der Waals surface area contributed by atoms with Gasteiger partial charge in [0.2, 0.25) is 5.82 Å². The molecule has 0 aliphatic heterocycles. The van der Waals surface area contributed by atoms with Gasteiger partial charge < -0.3 is 9.26 Å². The number of ether oxygens (including phenoxy) is 1. The molecule has 0 aliphatic carbocycles. The lowest BCUT2D eigenvalue weighted by Crippen LogP contribution is -2.06. The first-order valence-electron chi connectivity index (χ1n) is 8.57. The largest absolute Gasteiger partial charge is 0.449 e. The molecule has 3 rings (SSSR count). The Bertz CT molecular complexity index is 1090. The summed E-state index contributed by atoms with van der Waals surface area (Å²) in [6.45, 7) is 3.17. The second-order valence-electron chi connectivity index (χ2n) is 6.15. The molecule has 148 valence electrons. The third-order valence-corrected chi connectivity index (χ3v) is 4.04. The highest BCUT2D eigenvalue weighted by atomic mass is 19.1. The highest BCUT2D eigenvalue weighted by molar-refractivity contribution is 5.88. The van der Waals surface area contributed by atoms with Crippen molar-refractivity contribution in [2.45, 2.75) is 20.0 Å². The van der Waals surface area contributed by atoms with E-state index in [2.05, 4.69) is 10.1 Å². The van der Waals surface area contributed by atoms with E-state index in [1.54, 1.807) is 25.1 Å². The summed E-state index contributed by atoms with van der Waals surface area (Å²) in [5, 5.41) is 14.8. The van der Waals surface area contributed by atoms with Crippen LogP contribution in [0.1, 0.15) is 30.0 Å². The Labute approximate surface area is 164 Å². The molecule has 8 nitrogen and oxygen atoms in total. The van der Waals surface area contributed by atoms with E-state index >= 15 is 0 Å². The molecular weight excluding hydrogens is 381 g/mol. The molecule has 1 heterocycles. The maximum Gasteiger partial charge on any atom is 0.331 e. The number of aryl methyl sites for hydroxylation is 1. The predicted octanol–water partition coefficient (Wildman–Crippen LogP) is 4.41. The number of nitrogens with zero attached hydrogens (tertiary/aromatic N) is 3. The van der Waals surface area contributed by atoms with Gasteiger partial charge in [-0.05, 0) is 37.6 Å². The Kier molecular flexibility index (Phi) is 5.77. The van der Waals surface area contributed by atoms with E-state index in [4.69, 9.17) is 9.26 Å². The summed E-state index contributed by atoms with van der Waals surface area (Å²) < 4.78 is 24.0. The highest BCUT2D eigenvalue weighted by Crippen LogP contribution is 2.23. The van der Waals surface area contributed by atoms with Crippen LogP contribution in [0.25, 0.3) is 17.5 Å².